The van der Waals surface area contributed by atoms with Crippen molar-refractivity contribution in [2.24, 2.45) is 0 Å². The van der Waals surface area contributed by atoms with Crippen molar-refractivity contribution in [3.05, 3.63) is 66.0 Å². The Bertz CT molecular complexity index is 1110. The minimum absolute atomic E-state index is 0.0819. The predicted octanol–water partition coefficient (Wildman–Crippen LogP) is 3.27. The lowest BCUT2D eigenvalue weighted by Crippen LogP contribution is -2.39. The lowest BCUT2D eigenvalue weighted by atomic mass is 9.97. The van der Waals surface area contributed by atoms with Crippen LogP contribution in [-0.2, 0) is 0 Å². The fourth-order valence-electron chi connectivity index (χ4n) is 3.61. The third kappa shape index (κ3) is 3.16. The first-order valence-electron chi connectivity index (χ1n) is 9.23. The van der Waals surface area contributed by atoms with Crippen LogP contribution in [0.1, 0.15) is 35.1 Å². The molecule has 0 saturated carbocycles. The normalized spacial score (nSPS) is 17.1. The fourth-order valence-corrected chi connectivity index (χ4v) is 4.32. The van der Waals surface area contributed by atoms with E-state index < -0.39 is 0 Å². The van der Waals surface area contributed by atoms with Crippen molar-refractivity contribution in [1.82, 2.24) is 29.5 Å². The topological polar surface area (TPSA) is 76.3 Å². The number of fused-ring (bicyclic) bond motifs is 1. The Labute approximate surface area is 165 Å². The van der Waals surface area contributed by atoms with Crippen molar-refractivity contribution in [3.63, 3.8) is 0 Å². The Morgan fingerprint density at radius 3 is 3.00 bits per heavy atom. The van der Waals surface area contributed by atoms with Crippen LogP contribution in [0, 0.1) is 0 Å². The number of amides is 1. The third-order valence-electron chi connectivity index (χ3n) is 5.01. The molecule has 1 fully saturated rings. The van der Waals surface area contributed by atoms with Crippen molar-refractivity contribution in [2.45, 2.75) is 18.8 Å². The zero-order valence-corrected chi connectivity index (χ0v) is 15.9. The number of carbonyl (C=O) groups excluding carboxylic acids is 1. The van der Waals surface area contributed by atoms with E-state index >= 15 is 0 Å². The van der Waals surface area contributed by atoms with Crippen molar-refractivity contribution in [2.75, 3.05) is 13.1 Å². The van der Waals surface area contributed by atoms with Crippen molar-refractivity contribution in [3.8, 4) is 10.4 Å². The van der Waals surface area contributed by atoms with E-state index in [4.69, 9.17) is 10.1 Å². The van der Waals surface area contributed by atoms with Gasteiger partial charge in [0.25, 0.3) is 5.91 Å². The van der Waals surface area contributed by atoms with E-state index in [2.05, 4.69) is 27.5 Å². The van der Waals surface area contributed by atoms with Gasteiger partial charge in [-0.3, -0.25) is 9.78 Å². The van der Waals surface area contributed by atoms with Gasteiger partial charge in [0.2, 0.25) is 0 Å². The van der Waals surface area contributed by atoms with E-state index in [0.717, 1.165) is 36.4 Å². The number of carbonyl (C=O) groups is 1. The van der Waals surface area contributed by atoms with Crippen molar-refractivity contribution in [1.29, 1.82) is 0 Å². The molecule has 0 aromatic carbocycles. The smallest absolute Gasteiger partial charge is 0.274 e. The van der Waals surface area contributed by atoms with Gasteiger partial charge in [-0.25, -0.2) is 14.5 Å². The van der Waals surface area contributed by atoms with E-state index in [1.165, 1.54) is 11.1 Å². The van der Waals surface area contributed by atoms with E-state index in [-0.39, 0.29) is 11.8 Å². The summed E-state index contributed by atoms with van der Waals surface area (Å²) in [4.78, 5) is 28.6. The van der Waals surface area contributed by atoms with Crippen molar-refractivity contribution >= 4 is 22.9 Å². The van der Waals surface area contributed by atoms with Crippen LogP contribution < -0.4 is 0 Å². The van der Waals surface area contributed by atoms with Gasteiger partial charge in [0.1, 0.15) is 5.69 Å². The van der Waals surface area contributed by atoms with E-state index in [9.17, 15) is 4.79 Å². The maximum absolute atomic E-state index is 12.7. The molecule has 7 nitrogen and oxygen atoms in total. The molecule has 1 atom stereocenters. The Hall–Kier alpha value is -3.13. The first-order chi connectivity index (χ1) is 13.8. The molecule has 0 spiro atoms. The minimum Gasteiger partial charge on any atom is -0.337 e. The molecule has 1 aliphatic heterocycles. The molecule has 28 heavy (non-hydrogen) atoms. The molecular weight excluding hydrogens is 372 g/mol. The highest BCUT2D eigenvalue weighted by atomic mass is 32.1. The number of likely N-dealkylation sites (tertiary alicyclic amines) is 1. The molecule has 4 aromatic rings. The second kappa shape index (κ2) is 7.12. The maximum atomic E-state index is 12.7. The van der Waals surface area contributed by atoms with Gasteiger partial charge in [-0.2, -0.15) is 5.10 Å². The average molecular weight is 390 g/mol. The number of aromatic nitrogens is 5. The quantitative estimate of drug-likeness (QED) is 0.537. The minimum atomic E-state index is -0.0819. The van der Waals surface area contributed by atoms with E-state index in [0.29, 0.717) is 12.2 Å². The summed E-state index contributed by atoms with van der Waals surface area (Å²) in [7, 11) is 0. The van der Waals surface area contributed by atoms with E-state index in [1.807, 2.05) is 27.7 Å². The molecule has 1 amide bonds. The molecule has 1 saturated heterocycles. The molecule has 0 bridgehead atoms. The summed E-state index contributed by atoms with van der Waals surface area (Å²) in [5.41, 5.74) is 2.33. The molecule has 5 rings (SSSR count). The predicted molar refractivity (Wildman–Crippen MR) is 106 cm³/mol. The van der Waals surface area contributed by atoms with Gasteiger partial charge >= 0.3 is 0 Å². The number of nitrogens with zero attached hydrogens (tertiary/aromatic N) is 6. The number of piperidine rings is 1. The van der Waals surface area contributed by atoms with Gasteiger partial charge in [0, 0.05) is 48.0 Å². The molecule has 8 heteroatoms. The van der Waals surface area contributed by atoms with Crippen LogP contribution in [0.3, 0.4) is 0 Å². The Balaban J connectivity index is 1.39. The second-order valence-corrected chi connectivity index (χ2v) is 7.80. The molecule has 0 N–H and O–H groups in total. The molecule has 0 aliphatic carbocycles. The summed E-state index contributed by atoms with van der Waals surface area (Å²) in [6, 6.07) is 8.21. The zero-order chi connectivity index (χ0) is 18.9. The van der Waals surface area contributed by atoms with Crippen LogP contribution in [0.4, 0.5) is 0 Å². The third-order valence-corrected chi connectivity index (χ3v) is 5.93. The molecule has 1 aliphatic rings. The number of thiophene rings is 1. The largest absolute Gasteiger partial charge is 0.337 e. The highest BCUT2D eigenvalue weighted by molar-refractivity contribution is 7.13. The van der Waals surface area contributed by atoms with Crippen LogP contribution in [0.2, 0.25) is 0 Å². The molecule has 5 heterocycles. The lowest BCUT2D eigenvalue weighted by molar-refractivity contribution is 0.0698. The van der Waals surface area contributed by atoms with Crippen LogP contribution in [0.25, 0.3) is 16.1 Å². The molecule has 140 valence electrons. The van der Waals surface area contributed by atoms with Crippen LogP contribution in [0.15, 0.2) is 54.4 Å². The zero-order valence-electron chi connectivity index (χ0n) is 15.1. The summed E-state index contributed by atoms with van der Waals surface area (Å²) >= 11 is 1.70. The van der Waals surface area contributed by atoms with Gasteiger partial charge in [0.15, 0.2) is 11.5 Å². The average Bonchev–Trinajstić information content (AvgIpc) is 3.43. The van der Waals surface area contributed by atoms with Crippen molar-refractivity contribution < 1.29 is 4.79 Å². The van der Waals surface area contributed by atoms with Crippen LogP contribution in [-0.4, -0.2) is 48.5 Å². The number of hydrogen-bond donors (Lipinski definition) is 0. The number of rotatable bonds is 3. The lowest BCUT2D eigenvalue weighted by Gasteiger charge is -2.31. The highest BCUT2D eigenvalue weighted by Crippen LogP contribution is 2.28. The second-order valence-electron chi connectivity index (χ2n) is 6.85. The first-order valence-corrected chi connectivity index (χ1v) is 10.1. The highest BCUT2D eigenvalue weighted by Gasteiger charge is 2.28. The van der Waals surface area contributed by atoms with Gasteiger partial charge in [0.05, 0.1) is 6.20 Å². The molecule has 0 unspecified atom stereocenters. The number of hydrogen-bond acceptors (Lipinski definition) is 6. The fraction of sp³-hybridized carbons (Fsp3) is 0.250. The van der Waals surface area contributed by atoms with Gasteiger partial charge in [-0.05, 0) is 36.4 Å². The maximum Gasteiger partial charge on any atom is 0.274 e. The van der Waals surface area contributed by atoms with E-state index in [1.54, 1.807) is 23.7 Å². The summed E-state index contributed by atoms with van der Waals surface area (Å²) < 4.78 is 1.84. The molecule has 0 radical (unpaired) electrons. The summed E-state index contributed by atoms with van der Waals surface area (Å²) in [6.07, 6.45) is 8.54. The van der Waals surface area contributed by atoms with Gasteiger partial charge in [-0.1, -0.05) is 6.07 Å². The van der Waals surface area contributed by atoms with Crippen LogP contribution >= 0.6 is 11.3 Å². The summed E-state index contributed by atoms with van der Waals surface area (Å²) in [5, 5.41) is 6.78. The van der Waals surface area contributed by atoms with Gasteiger partial charge < -0.3 is 4.90 Å². The van der Waals surface area contributed by atoms with Crippen LogP contribution in [0.5, 0.6) is 0 Å². The molecule has 4 aromatic heterocycles. The Morgan fingerprint density at radius 1 is 1.21 bits per heavy atom. The standard InChI is InChI=1S/C20H18N6OS/c27-20(16-11-21-7-8-22-16)25-9-1-3-15(12-25)19-23-18-6-5-14(13-26(18)24-19)17-4-2-10-28-17/h2,4-8,10-11,13,15H,1,3,9,12H2/t15-/m0/s1. The first kappa shape index (κ1) is 17.0. The SMILES string of the molecule is O=C(c1cnccn1)N1CCC[C@H](c2nc3ccc(-c4cccs4)cn3n2)C1. The summed E-state index contributed by atoms with van der Waals surface area (Å²) in [5.74, 6) is 0.834. The monoisotopic (exact) mass is 390 g/mol. The Morgan fingerprint density at radius 2 is 2.18 bits per heavy atom. The summed E-state index contributed by atoms with van der Waals surface area (Å²) in [6.45, 7) is 1.33. The van der Waals surface area contributed by atoms with Gasteiger partial charge in [-0.15, -0.1) is 11.3 Å². The molecular formula is C20H18N6OS. The number of pyridine rings is 1. The Kier molecular flexibility index (Phi) is 4.32.